The number of nitrogens with zero attached hydrogens (tertiary/aromatic N) is 4. The van der Waals surface area contributed by atoms with E-state index in [1.807, 2.05) is 72.0 Å². The lowest BCUT2D eigenvalue weighted by atomic mass is 10.1. The topological polar surface area (TPSA) is 163 Å². The lowest BCUT2D eigenvalue weighted by molar-refractivity contribution is -0.672. The fourth-order valence-electron chi connectivity index (χ4n) is 2.28. The third-order valence-corrected chi connectivity index (χ3v) is 7.49. The number of pyridine rings is 2. The summed E-state index contributed by atoms with van der Waals surface area (Å²) in [5.41, 5.74) is -7.29. The summed E-state index contributed by atoms with van der Waals surface area (Å²) in [5.74, 6) is 13.0. The number of hydrogen-bond donors (Lipinski definition) is 0. The molecule has 286 valence electrons. The highest BCUT2D eigenvalue weighted by Crippen LogP contribution is 2.21. The van der Waals surface area contributed by atoms with Gasteiger partial charge in [0.2, 0.25) is 12.8 Å². The minimum atomic E-state index is -6.09. The Bertz CT molecular complexity index is 1850. The summed E-state index contributed by atoms with van der Waals surface area (Å²) >= 11 is 4.62. The number of rotatable bonds is 2. The summed E-state index contributed by atoms with van der Waals surface area (Å²) in [7, 11) is -1.41. The maximum atomic E-state index is 10.7. The van der Waals surface area contributed by atoms with E-state index in [-0.39, 0.29) is 0 Å². The Hall–Kier alpha value is -3.56. The fourth-order valence-corrected chi connectivity index (χ4v) is 3.79. The number of amides is 2. The van der Waals surface area contributed by atoms with Crippen LogP contribution in [0, 0.1) is 30.8 Å². The summed E-state index contributed by atoms with van der Waals surface area (Å²) in [6.07, 6.45) is 9.65. The molecule has 0 bridgehead atoms. The lowest BCUT2D eigenvalue weighted by Crippen LogP contribution is -2.27. The van der Waals surface area contributed by atoms with Crippen molar-refractivity contribution in [2.45, 2.75) is 11.0 Å². The Morgan fingerprint density at radius 2 is 0.923 bits per heavy atom. The summed E-state index contributed by atoms with van der Waals surface area (Å²) in [6, 6.07) is 12.1. The smallest absolute Gasteiger partial charge is 0.485 e. The molecule has 0 aliphatic carbocycles. The highest BCUT2D eigenvalue weighted by atomic mass is 127. The average Bonchev–Trinajstić information content (AvgIpc) is 2.99. The molecule has 3 aromatic rings. The molecule has 0 fully saturated rings. The molecule has 0 unspecified atom stereocenters. The highest BCUT2D eigenvalue weighted by Gasteiger charge is 2.37. The molecule has 0 saturated heterocycles. The highest BCUT2D eigenvalue weighted by molar-refractivity contribution is 14.1. The van der Waals surface area contributed by atoms with Crippen LogP contribution >= 0.6 is 45.2 Å². The average molecular weight is 1010 g/mol. The van der Waals surface area contributed by atoms with Crippen LogP contribution in [0.4, 0.5) is 26.3 Å². The summed E-state index contributed by atoms with van der Waals surface area (Å²) < 4.78 is 124. The van der Waals surface area contributed by atoms with Gasteiger partial charge in [0, 0.05) is 51.5 Å². The number of alkyl halides is 6. The second-order valence-electron chi connectivity index (χ2n) is 9.76. The first kappa shape index (κ1) is 50.5. The molecule has 0 aliphatic heterocycles. The first-order valence-electron chi connectivity index (χ1n) is 13.3. The molecule has 0 spiro atoms. The van der Waals surface area contributed by atoms with Crippen LogP contribution in [-0.2, 0) is 43.9 Å². The molecule has 52 heavy (non-hydrogen) atoms. The normalized spacial score (nSPS) is 10.5. The Morgan fingerprint density at radius 1 is 0.654 bits per heavy atom. The molecule has 0 N–H and O–H groups in total. The van der Waals surface area contributed by atoms with E-state index in [0.29, 0.717) is 0 Å². The van der Waals surface area contributed by atoms with E-state index in [2.05, 4.69) is 81.3 Å². The van der Waals surface area contributed by atoms with Crippen LogP contribution < -0.4 is 9.13 Å². The molecule has 1 aromatic carbocycles. The van der Waals surface area contributed by atoms with Gasteiger partial charge in [-0.2, -0.15) is 26.3 Å². The van der Waals surface area contributed by atoms with Gasteiger partial charge in [0.05, 0.1) is 18.3 Å². The molecule has 12 nitrogen and oxygen atoms in total. The number of aromatic nitrogens is 2. The molecule has 22 heteroatoms. The van der Waals surface area contributed by atoms with Crippen molar-refractivity contribution in [2.24, 2.45) is 14.1 Å². The van der Waals surface area contributed by atoms with Crippen LogP contribution in [0.1, 0.15) is 22.3 Å². The van der Waals surface area contributed by atoms with E-state index in [4.69, 9.17) is 25.9 Å². The number of halogens is 8. The zero-order valence-electron chi connectivity index (χ0n) is 27.8. The van der Waals surface area contributed by atoms with Crippen LogP contribution in [0.25, 0.3) is 0 Å². The number of benzene rings is 1. The summed E-state index contributed by atoms with van der Waals surface area (Å²) in [5, 5.41) is 0. The molecule has 0 aliphatic rings. The number of carbonyl (C=O) groups is 2. The van der Waals surface area contributed by atoms with Crippen LogP contribution in [0.15, 0.2) is 61.2 Å². The standard InChI is InChI=1S/C22H16I2N2.2C3H7NO.2CHF3O3S/c1-25-12-10-19(21(23)15-25)8-6-17-4-3-5-18(14-17)7-9-20-11-13-26(2)16-22(20)24;2*1-4(2)3-5;2*2-1(3,4)8(5,6)7/h3-5,10-16H,1-2H3;2*3H,1-2H3;2*(H,5,6,7)/q+2;;;;/p-2. The Balaban J connectivity index is 0. The molecule has 0 atom stereocenters. The maximum Gasteiger partial charge on any atom is 0.485 e. The van der Waals surface area contributed by atoms with Gasteiger partial charge in [-0.25, -0.2) is 26.0 Å². The fraction of sp³-hybridized carbons (Fsp3) is 0.267. The first-order valence-corrected chi connectivity index (χ1v) is 18.2. The number of aryl methyl sites for hydroxylation is 2. The number of carbonyl (C=O) groups excluding carboxylic acids is 2. The van der Waals surface area contributed by atoms with Gasteiger partial charge in [0.1, 0.15) is 14.1 Å². The molecular weight excluding hydrogens is 976 g/mol. The predicted molar refractivity (Wildman–Crippen MR) is 190 cm³/mol. The van der Waals surface area contributed by atoms with Gasteiger partial charge in [-0.3, -0.25) is 9.59 Å². The Labute approximate surface area is 324 Å². The van der Waals surface area contributed by atoms with Crippen LogP contribution in [0.5, 0.6) is 0 Å². The first-order chi connectivity index (χ1) is 23.5. The van der Waals surface area contributed by atoms with Gasteiger partial charge in [0.25, 0.3) is 0 Å². The van der Waals surface area contributed by atoms with Gasteiger partial charge in [0.15, 0.2) is 45.0 Å². The van der Waals surface area contributed by atoms with Crippen LogP contribution in [0.2, 0.25) is 0 Å². The minimum Gasteiger partial charge on any atom is -0.741 e. The monoisotopic (exact) mass is 1010 g/mol. The second kappa shape index (κ2) is 23.2. The Kier molecular flexibility index (Phi) is 22.5. The zero-order valence-corrected chi connectivity index (χ0v) is 33.8. The zero-order chi connectivity index (χ0) is 41.1. The third-order valence-electron chi connectivity index (χ3n) is 4.64. The van der Waals surface area contributed by atoms with Crippen molar-refractivity contribution in [3.63, 3.8) is 0 Å². The second-order valence-corrected chi connectivity index (χ2v) is 14.8. The van der Waals surface area contributed by atoms with Crippen molar-refractivity contribution in [1.82, 2.24) is 9.80 Å². The maximum absolute atomic E-state index is 10.7. The van der Waals surface area contributed by atoms with Crippen LogP contribution in [0.3, 0.4) is 0 Å². The molecular formula is C30H30F6I2N4O8S2. The van der Waals surface area contributed by atoms with E-state index < -0.39 is 31.3 Å². The van der Waals surface area contributed by atoms with Crippen molar-refractivity contribution in [1.29, 1.82) is 0 Å². The van der Waals surface area contributed by atoms with E-state index in [1.165, 1.54) is 9.80 Å². The molecule has 2 aromatic heterocycles. The van der Waals surface area contributed by atoms with E-state index in [1.54, 1.807) is 28.2 Å². The minimum absolute atomic E-state index is 0.750. The Morgan fingerprint density at radius 3 is 1.13 bits per heavy atom. The van der Waals surface area contributed by atoms with Gasteiger partial charge >= 0.3 is 11.0 Å². The number of hydrogen-bond acceptors (Lipinski definition) is 8. The summed E-state index contributed by atoms with van der Waals surface area (Å²) in [6.45, 7) is 0. The van der Waals surface area contributed by atoms with Crippen molar-refractivity contribution in [3.8, 4) is 23.7 Å². The summed E-state index contributed by atoms with van der Waals surface area (Å²) in [4.78, 5) is 21.8. The van der Waals surface area contributed by atoms with Crippen molar-refractivity contribution in [2.75, 3.05) is 28.2 Å². The molecule has 0 radical (unpaired) electrons. The largest absolute Gasteiger partial charge is 0.741 e. The predicted octanol–water partition coefficient (Wildman–Crippen LogP) is 2.86. The van der Waals surface area contributed by atoms with Gasteiger partial charge in [-0.1, -0.05) is 29.7 Å². The SMILES string of the molecule is CN(C)C=O.CN(C)C=O.C[n+]1ccc(C#Cc2cccc(C#Cc3cc[n+](C)cc3I)c2)c(I)c1.O=S(=O)([O-])C(F)(F)F.O=S(=O)([O-])C(F)(F)F. The van der Waals surface area contributed by atoms with E-state index >= 15 is 0 Å². The van der Waals surface area contributed by atoms with Crippen LogP contribution in [-0.4, -0.2) is 87.8 Å². The third kappa shape index (κ3) is 23.1. The van der Waals surface area contributed by atoms with Crippen molar-refractivity contribution >= 4 is 78.2 Å². The van der Waals surface area contributed by atoms with Gasteiger partial charge < -0.3 is 18.9 Å². The molecule has 2 amide bonds. The quantitative estimate of drug-likeness (QED) is 0.0721. The van der Waals surface area contributed by atoms with E-state index in [0.717, 1.165) is 42.2 Å². The molecule has 0 saturated carbocycles. The van der Waals surface area contributed by atoms with Gasteiger partial charge in [-0.05, 0) is 63.4 Å². The van der Waals surface area contributed by atoms with Crippen molar-refractivity contribution < 1.29 is 71.0 Å². The van der Waals surface area contributed by atoms with Gasteiger partial charge in [-0.15, -0.1) is 0 Å². The lowest BCUT2D eigenvalue weighted by Gasteiger charge is -2.08. The van der Waals surface area contributed by atoms with E-state index in [9.17, 15) is 35.9 Å². The molecule has 2 heterocycles. The van der Waals surface area contributed by atoms with Crippen molar-refractivity contribution in [3.05, 3.63) is 90.6 Å². The molecule has 3 rings (SSSR count).